The van der Waals surface area contributed by atoms with E-state index in [1.807, 2.05) is 37.3 Å². The van der Waals surface area contributed by atoms with Crippen molar-refractivity contribution in [2.24, 2.45) is 0 Å². The highest BCUT2D eigenvalue weighted by atomic mass is 16.6. The zero-order valence-electron chi connectivity index (χ0n) is 13.7. The molecule has 0 radical (unpaired) electrons. The number of nitrogens with one attached hydrogen (secondary N) is 2. The molecule has 1 saturated heterocycles. The quantitative estimate of drug-likeness (QED) is 0.697. The summed E-state index contributed by atoms with van der Waals surface area (Å²) >= 11 is 0. The third-order valence-electron chi connectivity index (χ3n) is 3.79. The summed E-state index contributed by atoms with van der Waals surface area (Å²) in [6.45, 7) is 2.46. The minimum absolute atomic E-state index is 0.141. The summed E-state index contributed by atoms with van der Waals surface area (Å²) in [5.74, 6) is -0.344. The van der Waals surface area contributed by atoms with E-state index in [4.69, 9.17) is 9.47 Å². The van der Waals surface area contributed by atoms with Gasteiger partial charge in [-0.05, 0) is 18.4 Å². The molecule has 1 aliphatic heterocycles. The Kier molecular flexibility index (Phi) is 7.02. The van der Waals surface area contributed by atoms with Gasteiger partial charge in [0.05, 0.1) is 12.6 Å². The van der Waals surface area contributed by atoms with Crippen LogP contribution in [0, 0.1) is 0 Å². The van der Waals surface area contributed by atoms with Crippen LogP contribution in [0.5, 0.6) is 0 Å². The van der Waals surface area contributed by atoms with Gasteiger partial charge in [-0.1, -0.05) is 43.7 Å². The molecule has 0 aliphatic carbocycles. The van der Waals surface area contributed by atoms with Crippen molar-refractivity contribution in [3.63, 3.8) is 0 Å². The fourth-order valence-corrected chi connectivity index (χ4v) is 2.47. The van der Waals surface area contributed by atoms with Gasteiger partial charge in [-0.3, -0.25) is 4.79 Å². The highest BCUT2D eigenvalue weighted by Crippen LogP contribution is 2.11. The number of rotatable bonds is 7. The molecule has 1 aromatic rings. The minimum Gasteiger partial charge on any atom is -0.445 e. The lowest BCUT2D eigenvalue weighted by Gasteiger charge is -2.21. The summed E-state index contributed by atoms with van der Waals surface area (Å²) in [5.41, 5.74) is 0.871. The van der Waals surface area contributed by atoms with Gasteiger partial charge in [-0.2, -0.15) is 0 Å². The van der Waals surface area contributed by atoms with Crippen molar-refractivity contribution in [2.75, 3.05) is 6.61 Å². The van der Waals surface area contributed by atoms with Gasteiger partial charge >= 0.3 is 6.09 Å². The van der Waals surface area contributed by atoms with E-state index >= 15 is 0 Å². The molecular weight excluding hydrogens is 312 g/mol. The van der Waals surface area contributed by atoms with Gasteiger partial charge < -0.3 is 25.2 Å². The van der Waals surface area contributed by atoms with E-state index in [0.717, 1.165) is 12.0 Å². The van der Waals surface area contributed by atoms with Crippen LogP contribution in [-0.2, 0) is 20.9 Å². The third kappa shape index (κ3) is 5.50. The van der Waals surface area contributed by atoms with E-state index in [2.05, 4.69) is 10.6 Å². The number of aliphatic hydroxyl groups excluding tert-OH is 1. The molecular formula is C17H24N2O5. The van der Waals surface area contributed by atoms with E-state index in [1.165, 1.54) is 0 Å². The summed E-state index contributed by atoms with van der Waals surface area (Å²) in [5, 5.41) is 14.9. The van der Waals surface area contributed by atoms with Crippen LogP contribution in [0.2, 0.25) is 0 Å². The maximum atomic E-state index is 12.3. The van der Waals surface area contributed by atoms with Gasteiger partial charge in [0.1, 0.15) is 12.6 Å². The summed E-state index contributed by atoms with van der Waals surface area (Å²) in [4.78, 5) is 24.2. The predicted molar refractivity (Wildman–Crippen MR) is 87.0 cm³/mol. The van der Waals surface area contributed by atoms with Crippen molar-refractivity contribution >= 4 is 12.0 Å². The standard InChI is InChI=1S/C17H24N2O5/c1-2-6-13(15(20)18-14-9-10-23-16(14)21)19-17(22)24-11-12-7-4-3-5-8-12/h3-5,7-8,13-14,16,21H,2,6,9-11H2,1H3,(H,18,20)(H,19,22)/t13?,14-,16?/m0/s1. The van der Waals surface area contributed by atoms with Gasteiger partial charge in [0.2, 0.25) is 5.91 Å². The molecule has 1 aliphatic rings. The number of alkyl carbamates (subject to hydrolysis) is 1. The van der Waals surface area contributed by atoms with Crippen LogP contribution >= 0.6 is 0 Å². The van der Waals surface area contributed by atoms with Crippen LogP contribution in [-0.4, -0.2) is 42.1 Å². The first-order chi connectivity index (χ1) is 11.6. The number of hydrogen-bond donors (Lipinski definition) is 3. The molecule has 24 heavy (non-hydrogen) atoms. The predicted octanol–water partition coefficient (Wildman–Crippen LogP) is 1.30. The van der Waals surface area contributed by atoms with Gasteiger partial charge in [0, 0.05) is 0 Å². The Labute approximate surface area is 141 Å². The van der Waals surface area contributed by atoms with Crippen molar-refractivity contribution in [1.82, 2.24) is 10.6 Å². The SMILES string of the molecule is CCCC(NC(=O)OCc1ccccc1)C(=O)N[C@H]1CCOC1O. The molecule has 2 amide bonds. The van der Waals surface area contributed by atoms with Gasteiger partial charge in [-0.15, -0.1) is 0 Å². The van der Waals surface area contributed by atoms with Crippen molar-refractivity contribution in [3.8, 4) is 0 Å². The molecule has 0 aromatic heterocycles. The van der Waals surface area contributed by atoms with Crippen LogP contribution < -0.4 is 10.6 Å². The molecule has 132 valence electrons. The van der Waals surface area contributed by atoms with Crippen molar-refractivity contribution in [2.45, 2.75) is 51.2 Å². The molecule has 7 nitrogen and oxygen atoms in total. The van der Waals surface area contributed by atoms with Crippen LogP contribution in [0.15, 0.2) is 30.3 Å². The second-order valence-electron chi connectivity index (χ2n) is 5.71. The molecule has 0 bridgehead atoms. The van der Waals surface area contributed by atoms with E-state index in [9.17, 15) is 14.7 Å². The second kappa shape index (κ2) is 9.24. The molecule has 3 N–H and O–H groups in total. The third-order valence-corrected chi connectivity index (χ3v) is 3.79. The summed E-state index contributed by atoms with van der Waals surface area (Å²) in [6, 6.07) is 8.16. The van der Waals surface area contributed by atoms with E-state index in [-0.39, 0.29) is 12.5 Å². The number of carbonyl (C=O) groups excluding carboxylic acids is 2. The smallest absolute Gasteiger partial charge is 0.408 e. The molecule has 3 atom stereocenters. The maximum Gasteiger partial charge on any atom is 0.408 e. The second-order valence-corrected chi connectivity index (χ2v) is 5.71. The zero-order chi connectivity index (χ0) is 17.4. The molecule has 2 rings (SSSR count). The molecule has 2 unspecified atom stereocenters. The first-order valence-corrected chi connectivity index (χ1v) is 8.17. The van der Waals surface area contributed by atoms with Crippen molar-refractivity contribution < 1.29 is 24.2 Å². The van der Waals surface area contributed by atoms with Crippen molar-refractivity contribution in [1.29, 1.82) is 0 Å². The van der Waals surface area contributed by atoms with Crippen molar-refractivity contribution in [3.05, 3.63) is 35.9 Å². The van der Waals surface area contributed by atoms with E-state index in [1.54, 1.807) is 0 Å². The zero-order valence-corrected chi connectivity index (χ0v) is 13.7. The first kappa shape index (κ1) is 18.2. The summed E-state index contributed by atoms with van der Waals surface area (Å²) in [7, 11) is 0. The maximum absolute atomic E-state index is 12.3. The van der Waals surface area contributed by atoms with Crippen LogP contribution in [0.25, 0.3) is 0 Å². The summed E-state index contributed by atoms with van der Waals surface area (Å²) < 4.78 is 10.1. The van der Waals surface area contributed by atoms with Gasteiger partial charge in [0.25, 0.3) is 0 Å². The Bertz CT molecular complexity index is 537. The Morgan fingerprint density at radius 3 is 2.75 bits per heavy atom. The number of carbonyl (C=O) groups is 2. The molecule has 1 heterocycles. The monoisotopic (exact) mass is 336 g/mol. The molecule has 0 spiro atoms. The lowest BCUT2D eigenvalue weighted by Crippen LogP contribution is -2.51. The highest BCUT2D eigenvalue weighted by molar-refractivity contribution is 5.85. The van der Waals surface area contributed by atoms with Crippen LogP contribution in [0.3, 0.4) is 0 Å². The Hall–Kier alpha value is -2.12. The number of hydrogen-bond acceptors (Lipinski definition) is 5. The average molecular weight is 336 g/mol. The Morgan fingerprint density at radius 1 is 1.38 bits per heavy atom. The van der Waals surface area contributed by atoms with Gasteiger partial charge in [-0.25, -0.2) is 4.79 Å². The van der Waals surface area contributed by atoms with E-state index in [0.29, 0.717) is 19.4 Å². The number of aliphatic hydroxyl groups is 1. The number of ether oxygens (including phenoxy) is 2. The first-order valence-electron chi connectivity index (χ1n) is 8.17. The van der Waals surface area contributed by atoms with Crippen LogP contribution in [0.1, 0.15) is 31.7 Å². The average Bonchev–Trinajstić information content (AvgIpc) is 2.98. The number of amides is 2. The number of benzene rings is 1. The van der Waals surface area contributed by atoms with E-state index < -0.39 is 24.5 Å². The topological polar surface area (TPSA) is 96.9 Å². The summed E-state index contributed by atoms with van der Waals surface area (Å²) in [6.07, 6.45) is 0.109. The Balaban J connectivity index is 1.82. The molecule has 1 aromatic carbocycles. The largest absolute Gasteiger partial charge is 0.445 e. The molecule has 1 fully saturated rings. The highest BCUT2D eigenvalue weighted by Gasteiger charge is 2.30. The molecule has 0 saturated carbocycles. The fraction of sp³-hybridized carbons (Fsp3) is 0.529. The fourth-order valence-electron chi connectivity index (χ4n) is 2.47. The lowest BCUT2D eigenvalue weighted by atomic mass is 10.1. The van der Waals surface area contributed by atoms with Crippen LogP contribution in [0.4, 0.5) is 4.79 Å². The van der Waals surface area contributed by atoms with Gasteiger partial charge in [0.15, 0.2) is 6.29 Å². The minimum atomic E-state index is -0.999. The Morgan fingerprint density at radius 2 is 2.12 bits per heavy atom. The lowest BCUT2D eigenvalue weighted by molar-refractivity contribution is -0.127. The normalized spacial score (nSPS) is 21.1. The molecule has 7 heteroatoms.